The van der Waals surface area contributed by atoms with Crippen molar-refractivity contribution in [2.75, 3.05) is 19.6 Å². The third-order valence-corrected chi connectivity index (χ3v) is 4.92. The fraction of sp³-hybridized carbons (Fsp3) is 0.353. The number of hydrogen-bond donors (Lipinski definition) is 2. The van der Waals surface area contributed by atoms with E-state index in [4.69, 9.17) is 0 Å². The fourth-order valence-electron chi connectivity index (χ4n) is 3.70. The highest BCUT2D eigenvalue weighted by atomic mass is 16.6. The quantitative estimate of drug-likeness (QED) is 0.670. The first-order chi connectivity index (χ1) is 11.2. The van der Waals surface area contributed by atoms with E-state index in [1.165, 1.54) is 11.6 Å². The van der Waals surface area contributed by atoms with Crippen molar-refractivity contribution < 1.29 is 4.92 Å². The molecule has 0 amide bonds. The predicted molar refractivity (Wildman–Crippen MR) is 86.9 cm³/mol. The van der Waals surface area contributed by atoms with Gasteiger partial charge in [-0.1, -0.05) is 18.2 Å². The van der Waals surface area contributed by atoms with Crippen LogP contribution in [0.15, 0.2) is 42.6 Å². The van der Waals surface area contributed by atoms with Crippen LogP contribution in [0.1, 0.15) is 11.6 Å². The molecule has 118 valence electrons. The van der Waals surface area contributed by atoms with Crippen molar-refractivity contribution in [3.05, 3.63) is 58.3 Å². The van der Waals surface area contributed by atoms with Gasteiger partial charge in [0, 0.05) is 43.0 Å². The summed E-state index contributed by atoms with van der Waals surface area (Å²) >= 11 is 0. The Morgan fingerprint density at radius 1 is 1.17 bits per heavy atom. The van der Waals surface area contributed by atoms with Crippen molar-refractivity contribution in [2.24, 2.45) is 11.8 Å². The van der Waals surface area contributed by atoms with Crippen LogP contribution in [0.3, 0.4) is 0 Å². The van der Waals surface area contributed by atoms with E-state index in [0.717, 1.165) is 30.9 Å². The highest BCUT2D eigenvalue weighted by molar-refractivity contribution is 5.62. The molecule has 2 saturated heterocycles. The highest BCUT2D eigenvalue weighted by Gasteiger charge is 2.39. The van der Waals surface area contributed by atoms with Gasteiger partial charge in [0.05, 0.1) is 10.6 Å². The first-order valence-electron chi connectivity index (χ1n) is 7.87. The van der Waals surface area contributed by atoms with E-state index in [1.54, 1.807) is 12.1 Å². The average Bonchev–Trinajstić information content (AvgIpc) is 3.18. The van der Waals surface area contributed by atoms with Crippen molar-refractivity contribution in [3.63, 3.8) is 0 Å². The number of benzene rings is 1. The molecule has 0 aliphatic carbocycles. The lowest BCUT2D eigenvalue weighted by atomic mass is 9.90. The molecule has 2 aromatic rings. The molecule has 3 heterocycles. The predicted octanol–water partition coefficient (Wildman–Crippen LogP) is 2.14. The van der Waals surface area contributed by atoms with Crippen LogP contribution in [0.5, 0.6) is 0 Å². The number of nitrogens with one attached hydrogen (secondary N) is 2. The van der Waals surface area contributed by atoms with Gasteiger partial charge in [-0.15, -0.1) is 0 Å². The summed E-state index contributed by atoms with van der Waals surface area (Å²) in [7, 11) is 0. The summed E-state index contributed by atoms with van der Waals surface area (Å²) in [5, 5.41) is 17.9. The van der Waals surface area contributed by atoms with Crippen LogP contribution in [0.4, 0.5) is 5.69 Å². The van der Waals surface area contributed by atoms with E-state index in [-0.39, 0.29) is 10.6 Å². The maximum atomic E-state index is 10.9. The van der Waals surface area contributed by atoms with Crippen LogP contribution < -0.4 is 10.6 Å². The van der Waals surface area contributed by atoms with Gasteiger partial charge in [0.25, 0.3) is 5.69 Å². The molecule has 2 fully saturated rings. The zero-order valence-corrected chi connectivity index (χ0v) is 12.6. The number of fused-ring (bicyclic) bond motifs is 1. The molecular formula is C17H18N4O2. The topological polar surface area (TPSA) is 80.1 Å². The Balaban J connectivity index is 1.59. The Bertz CT molecular complexity index is 732. The van der Waals surface area contributed by atoms with Crippen LogP contribution in [0, 0.1) is 22.0 Å². The second-order valence-corrected chi connectivity index (χ2v) is 6.25. The first kappa shape index (κ1) is 14.3. The van der Waals surface area contributed by atoms with Crippen molar-refractivity contribution in [2.45, 2.75) is 6.04 Å². The van der Waals surface area contributed by atoms with Crippen molar-refractivity contribution in [3.8, 4) is 11.3 Å². The lowest BCUT2D eigenvalue weighted by Crippen LogP contribution is -2.23. The largest absolute Gasteiger partial charge is 0.316 e. The normalized spacial score (nSPS) is 26.2. The molecule has 1 aromatic carbocycles. The number of nitro groups is 1. The van der Waals surface area contributed by atoms with Gasteiger partial charge in [-0.05, 0) is 30.0 Å². The van der Waals surface area contributed by atoms with E-state index in [1.807, 2.05) is 18.3 Å². The van der Waals surface area contributed by atoms with Crippen LogP contribution in [-0.2, 0) is 0 Å². The first-order valence-corrected chi connectivity index (χ1v) is 7.87. The Kier molecular flexibility index (Phi) is 3.55. The Morgan fingerprint density at radius 3 is 2.87 bits per heavy atom. The lowest BCUT2D eigenvalue weighted by molar-refractivity contribution is -0.384. The van der Waals surface area contributed by atoms with E-state index in [0.29, 0.717) is 17.9 Å². The molecule has 0 saturated carbocycles. The number of nitro benzene ring substituents is 1. The van der Waals surface area contributed by atoms with Gasteiger partial charge in [-0.2, -0.15) is 0 Å². The molecule has 3 atom stereocenters. The molecule has 23 heavy (non-hydrogen) atoms. The summed E-state index contributed by atoms with van der Waals surface area (Å²) in [4.78, 5) is 15.0. The van der Waals surface area contributed by atoms with Gasteiger partial charge in [0.15, 0.2) is 0 Å². The van der Waals surface area contributed by atoms with Crippen LogP contribution >= 0.6 is 0 Å². The zero-order chi connectivity index (χ0) is 15.8. The summed E-state index contributed by atoms with van der Waals surface area (Å²) in [6.45, 7) is 3.19. The second-order valence-electron chi connectivity index (χ2n) is 6.25. The molecule has 2 aliphatic heterocycles. The zero-order valence-electron chi connectivity index (χ0n) is 12.6. The van der Waals surface area contributed by atoms with Crippen LogP contribution in [0.25, 0.3) is 11.3 Å². The third kappa shape index (κ3) is 2.60. The second kappa shape index (κ2) is 5.72. The minimum Gasteiger partial charge on any atom is -0.316 e. The summed E-state index contributed by atoms with van der Waals surface area (Å²) in [5.74, 6) is 1.33. The van der Waals surface area contributed by atoms with E-state index in [9.17, 15) is 10.1 Å². The molecule has 0 spiro atoms. The molecule has 0 bridgehead atoms. The average molecular weight is 310 g/mol. The number of hydrogen-bond acceptors (Lipinski definition) is 5. The van der Waals surface area contributed by atoms with Crippen LogP contribution in [-0.4, -0.2) is 29.5 Å². The lowest BCUT2D eigenvalue weighted by Gasteiger charge is -2.18. The maximum Gasteiger partial charge on any atom is 0.270 e. The van der Waals surface area contributed by atoms with Crippen molar-refractivity contribution in [1.29, 1.82) is 0 Å². The van der Waals surface area contributed by atoms with Gasteiger partial charge in [0.2, 0.25) is 0 Å². The van der Waals surface area contributed by atoms with Gasteiger partial charge in [0.1, 0.15) is 0 Å². The Labute approximate surface area is 134 Å². The molecule has 2 N–H and O–H groups in total. The highest BCUT2D eigenvalue weighted by Crippen LogP contribution is 2.36. The fourth-order valence-corrected chi connectivity index (χ4v) is 3.70. The molecule has 6 nitrogen and oxygen atoms in total. The molecule has 6 heteroatoms. The molecule has 3 unspecified atom stereocenters. The standard InChI is InChI=1S/C17H18N4O2/c22-21(23)14-3-1-2-11(6-14)16-5-4-12(8-19-16)17-15-10-18-7-13(15)9-20-17/h1-6,8,13,15,17-18,20H,7,9-10H2. The number of non-ortho nitro benzene ring substituents is 1. The molecule has 1 aromatic heterocycles. The van der Waals surface area contributed by atoms with Gasteiger partial charge in [-0.3, -0.25) is 15.1 Å². The van der Waals surface area contributed by atoms with Crippen molar-refractivity contribution >= 4 is 5.69 Å². The summed E-state index contributed by atoms with van der Waals surface area (Å²) in [6.07, 6.45) is 1.90. The van der Waals surface area contributed by atoms with Crippen molar-refractivity contribution in [1.82, 2.24) is 15.6 Å². The minimum absolute atomic E-state index is 0.0886. The maximum absolute atomic E-state index is 10.9. The Morgan fingerprint density at radius 2 is 2.09 bits per heavy atom. The molecule has 0 radical (unpaired) electrons. The summed E-state index contributed by atoms with van der Waals surface area (Å²) < 4.78 is 0. The van der Waals surface area contributed by atoms with Crippen LogP contribution in [0.2, 0.25) is 0 Å². The van der Waals surface area contributed by atoms with E-state index >= 15 is 0 Å². The van der Waals surface area contributed by atoms with Gasteiger partial charge < -0.3 is 10.6 Å². The van der Waals surface area contributed by atoms with E-state index < -0.39 is 0 Å². The van der Waals surface area contributed by atoms with Gasteiger partial charge >= 0.3 is 0 Å². The van der Waals surface area contributed by atoms with E-state index in [2.05, 4.69) is 21.7 Å². The minimum atomic E-state index is -0.381. The number of pyridine rings is 1. The summed E-state index contributed by atoms with van der Waals surface area (Å²) in [6, 6.07) is 11.0. The van der Waals surface area contributed by atoms with Gasteiger partial charge in [-0.25, -0.2) is 0 Å². The molecular weight excluding hydrogens is 292 g/mol. The monoisotopic (exact) mass is 310 g/mol. The number of nitrogens with zero attached hydrogens (tertiary/aromatic N) is 2. The Hall–Kier alpha value is -2.31. The molecule has 4 rings (SSSR count). The molecule has 2 aliphatic rings. The SMILES string of the molecule is O=[N+]([O-])c1cccc(-c2ccc(C3NCC4CNCC43)cn2)c1. The summed E-state index contributed by atoms with van der Waals surface area (Å²) in [5.41, 5.74) is 2.81. The smallest absolute Gasteiger partial charge is 0.270 e. The third-order valence-electron chi connectivity index (χ3n) is 4.92. The number of aromatic nitrogens is 1. The number of rotatable bonds is 3.